The second-order valence-corrected chi connectivity index (χ2v) is 6.75. The fourth-order valence-electron chi connectivity index (χ4n) is 2.37. The minimum atomic E-state index is -3.57. The summed E-state index contributed by atoms with van der Waals surface area (Å²) in [6.45, 7) is -0.357. The molecule has 7 heteroatoms. The molecule has 0 unspecified atom stereocenters. The van der Waals surface area contributed by atoms with Crippen molar-refractivity contribution < 1.29 is 23.1 Å². The van der Waals surface area contributed by atoms with Gasteiger partial charge in [-0.05, 0) is 48.9 Å². The standard InChI is InChI=1S/C14H19NO5S/c16-14(17)10-20-8-7-15-21(18,19)13-6-5-11-3-1-2-4-12(11)9-13/h5-6,9,15H,1-4,7-8,10H2,(H,16,17). The minimum absolute atomic E-state index is 0.0243. The van der Waals surface area contributed by atoms with Crippen LogP contribution in [0.5, 0.6) is 0 Å². The number of carboxylic acid groups (broad SMARTS) is 1. The number of hydrogen-bond donors (Lipinski definition) is 2. The van der Waals surface area contributed by atoms with E-state index in [-0.39, 0.29) is 18.0 Å². The SMILES string of the molecule is O=C(O)COCCNS(=O)(=O)c1ccc2c(c1)CCCC2. The largest absolute Gasteiger partial charge is 0.480 e. The summed E-state index contributed by atoms with van der Waals surface area (Å²) in [6, 6.07) is 5.23. The summed E-state index contributed by atoms with van der Waals surface area (Å²) in [4.78, 5) is 10.5. The number of aryl methyl sites for hydroxylation is 2. The number of aliphatic carboxylic acids is 1. The molecule has 0 fully saturated rings. The topological polar surface area (TPSA) is 92.7 Å². The summed E-state index contributed by atoms with van der Waals surface area (Å²) >= 11 is 0. The monoisotopic (exact) mass is 313 g/mol. The van der Waals surface area contributed by atoms with Crippen molar-refractivity contribution in [1.82, 2.24) is 4.72 Å². The van der Waals surface area contributed by atoms with Crippen LogP contribution in [0.4, 0.5) is 0 Å². The molecule has 2 N–H and O–H groups in total. The number of ether oxygens (including phenoxy) is 1. The van der Waals surface area contributed by atoms with Crippen molar-refractivity contribution in [3.8, 4) is 0 Å². The highest BCUT2D eigenvalue weighted by molar-refractivity contribution is 7.89. The first kappa shape index (κ1) is 15.9. The van der Waals surface area contributed by atoms with Gasteiger partial charge in [-0.25, -0.2) is 17.9 Å². The van der Waals surface area contributed by atoms with E-state index in [1.165, 1.54) is 5.56 Å². The summed E-state index contributed by atoms with van der Waals surface area (Å²) in [5.41, 5.74) is 2.33. The molecule has 1 aliphatic carbocycles. The van der Waals surface area contributed by atoms with Crippen molar-refractivity contribution in [2.24, 2.45) is 0 Å². The van der Waals surface area contributed by atoms with Gasteiger partial charge in [-0.3, -0.25) is 0 Å². The average molecular weight is 313 g/mol. The maximum absolute atomic E-state index is 12.1. The van der Waals surface area contributed by atoms with Gasteiger partial charge >= 0.3 is 5.97 Å². The number of rotatable bonds is 7. The van der Waals surface area contributed by atoms with Crippen molar-refractivity contribution in [3.63, 3.8) is 0 Å². The Bertz CT molecular complexity index is 612. The van der Waals surface area contributed by atoms with Gasteiger partial charge in [0, 0.05) is 6.54 Å². The number of carbonyl (C=O) groups is 1. The molecule has 1 aromatic carbocycles. The van der Waals surface area contributed by atoms with Crippen LogP contribution in [0, 0.1) is 0 Å². The number of carboxylic acids is 1. The smallest absolute Gasteiger partial charge is 0.329 e. The predicted molar refractivity (Wildman–Crippen MR) is 76.7 cm³/mol. The Hall–Kier alpha value is -1.44. The molecule has 0 spiro atoms. The molecular weight excluding hydrogens is 294 g/mol. The highest BCUT2D eigenvalue weighted by Crippen LogP contribution is 2.23. The lowest BCUT2D eigenvalue weighted by molar-refractivity contribution is -0.142. The first-order valence-corrected chi connectivity index (χ1v) is 8.38. The third-order valence-corrected chi connectivity index (χ3v) is 4.85. The van der Waals surface area contributed by atoms with E-state index in [4.69, 9.17) is 9.84 Å². The van der Waals surface area contributed by atoms with Crippen molar-refractivity contribution >= 4 is 16.0 Å². The van der Waals surface area contributed by atoms with Gasteiger partial charge in [-0.1, -0.05) is 6.07 Å². The molecular formula is C14H19NO5S. The van der Waals surface area contributed by atoms with E-state index in [1.807, 2.05) is 6.07 Å². The van der Waals surface area contributed by atoms with Crippen LogP contribution in [-0.4, -0.2) is 39.3 Å². The minimum Gasteiger partial charge on any atom is -0.480 e. The molecule has 6 nitrogen and oxygen atoms in total. The van der Waals surface area contributed by atoms with Crippen molar-refractivity contribution in [2.75, 3.05) is 19.8 Å². The van der Waals surface area contributed by atoms with Gasteiger partial charge in [-0.2, -0.15) is 0 Å². The first-order chi connectivity index (χ1) is 9.99. The fraction of sp³-hybridized carbons (Fsp3) is 0.500. The second kappa shape index (κ2) is 7.02. The third kappa shape index (κ3) is 4.52. The van der Waals surface area contributed by atoms with Gasteiger partial charge in [0.25, 0.3) is 0 Å². The molecule has 1 aromatic rings. The fourth-order valence-corrected chi connectivity index (χ4v) is 3.43. The third-order valence-electron chi connectivity index (χ3n) is 3.39. The van der Waals surface area contributed by atoms with Crippen LogP contribution in [0.15, 0.2) is 23.1 Å². The van der Waals surface area contributed by atoms with Crippen LogP contribution in [0.25, 0.3) is 0 Å². The molecule has 0 amide bonds. The molecule has 0 heterocycles. The number of sulfonamides is 1. The van der Waals surface area contributed by atoms with Gasteiger partial charge < -0.3 is 9.84 Å². The number of benzene rings is 1. The van der Waals surface area contributed by atoms with E-state index in [9.17, 15) is 13.2 Å². The molecule has 0 radical (unpaired) electrons. The Kier molecular flexibility index (Phi) is 5.33. The maximum atomic E-state index is 12.1. The maximum Gasteiger partial charge on any atom is 0.329 e. The highest BCUT2D eigenvalue weighted by atomic mass is 32.2. The molecule has 0 aromatic heterocycles. The van der Waals surface area contributed by atoms with E-state index in [1.54, 1.807) is 12.1 Å². The molecule has 0 bridgehead atoms. The average Bonchev–Trinajstić information content (AvgIpc) is 2.46. The van der Waals surface area contributed by atoms with Crippen molar-refractivity contribution in [3.05, 3.63) is 29.3 Å². The van der Waals surface area contributed by atoms with Crippen LogP contribution in [0.2, 0.25) is 0 Å². The molecule has 2 rings (SSSR count). The van der Waals surface area contributed by atoms with E-state index in [0.29, 0.717) is 0 Å². The Labute approximate surface area is 124 Å². The van der Waals surface area contributed by atoms with Crippen LogP contribution in [-0.2, 0) is 32.4 Å². The molecule has 21 heavy (non-hydrogen) atoms. The number of hydrogen-bond acceptors (Lipinski definition) is 4. The summed E-state index contributed by atoms with van der Waals surface area (Å²) in [5.74, 6) is -1.08. The van der Waals surface area contributed by atoms with Gasteiger partial charge in [0.1, 0.15) is 6.61 Å². The molecule has 0 saturated heterocycles. The summed E-state index contributed by atoms with van der Waals surface area (Å²) in [7, 11) is -3.57. The lowest BCUT2D eigenvalue weighted by atomic mass is 9.92. The quantitative estimate of drug-likeness (QED) is 0.731. The van der Waals surface area contributed by atoms with Crippen LogP contribution in [0.3, 0.4) is 0 Å². The molecule has 0 aliphatic heterocycles. The van der Waals surface area contributed by atoms with Gasteiger partial charge in [0.15, 0.2) is 0 Å². The Morgan fingerprint density at radius 1 is 1.24 bits per heavy atom. The van der Waals surface area contributed by atoms with Gasteiger partial charge in [0.05, 0.1) is 11.5 Å². The zero-order chi connectivity index (χ0) is 15.3. The van der Waals surface area contributed by atoms with Crippen molar-refractivity contribution in [2.45, 2.75) is 30.6 Å². The Balaban J connectivity index is 1.94. The molecule has 0 atom stereocenters. The molecule has 116 valence electrons. The van der Waals surface area contributed by atoms with E-state index >= 15 is 0 Å². The first-order valence-electron chi connectivity index (χ1n) is 6.90. The summed E-state index contributed by atoms with van der Waals surface area (Å²) < 4.78 is 31.5. The van der Waals surface area contributed by atoms with Crippen LogP contribution >= 0.6 is 0 Å². The number of fused-ring (bicyclic) bond motifs is 1. The van der Waals surface area contributed by atoms with Crippen LogP contribution in [0.1, 0.15) is 24.0 Å². The van der Waals surface area contributed by atoms with E-state index in [2.05, 4.69) is 4.72 Å². The van der Waals surface area contributed by atoms with E-state index < -0.39 is 22.6 Å². The van der Waals surface area contributed by atoms with Gasteiger partial charge in [0.2, 0.25) is 10.0 Å². The van der Waals surface area contributed by atoms with E-state index in [0.717, 1.165) is 31.2 Å². The van der Waals surface area contributed by atoms with Gasteiger partial charge in [-0.15, -0.1) is 0 Å². The Morgan fingerprint density at radius 3 is 2.67 bits per heavy atom. The summed E-state index contributed by atoms with van der Waals surface area (Å²) in [5, 5.41) is 8.40. The molecule has 1 aliphatic rings. The zero-order valence-corrected chi connectivity index (χ0v) is 12.5. The lowest BCUT2D eigenvalue weighted by Gasteiger charge is -2.16. The lowest BCUT2D eigenvalue weighted by Crippen LogP contribution is -2.28. The molecule has 0 saturated carbocycles. The zero-order valence-electron chi connectivity index (χ0n) is 11.7. The van der Waals surface area contributed by atoms with Crippen LogP contribution < -0.4 is 4.72 Å². The predicted octanol–water partition coefficient (Wildman–Crippen LogP) is 0.945. The summed E-state index contributed by atoms with van der Waals surface area (Å²) in [6.07, 6.45) is 4.16. The Morgan fingerprint density at radius 2 is 1.95 bits per heavy atom. The van der Waals surface area contributed by atoms with Crippen molar-refractivity contribution in [1.29, 1.82) is 0 Å². The highest BCUT2D eigenvalue weighted by Gasteiger charge is 2.17. The normalized spacial score (nSPS) is 14.7. The number of nitrogens with one attached hydrogen (secondary N) is 1. The second-order valence-electron chi connectivity index (χ2n) is 4.98.